The maximum Gasteiger partial charge on any atom is 0.354 e. The third-order valence-corrected chi connectivity index (χ3v) is 3.55. The molecule has 0 amide bonds. The Bertz CT molecular complexity index is 588. The lowest BCUT2D eigenvalue weighted by molar-refractivity contribution is 0.0692. The highest BCUT2D eigenvalue weighted by molar-refractivity contribution is 7.99. The number of aromatic amines is 1. The van der Waals surface area contributed by atoms with Gasteiger partial charge in [0, 0.05) is 15.7 Å². The van der Waals surface area contributed by atoms with Crippen LogP contribution in [0, 0.1) is 6.92 Å². The summed E-state index contributed by atoms with van der Waals surface area (Å²) in [7, 11) is 0. The molecule has 1 aromatic carbocycles. The number of hydrogen-bond acceptors (Lipinski definition) is 3. The van der Waals surface area contributed by atoms with Crippen LogP contribution in [-0.4, -0.2) is 26.3 Å². The highest BCUT2D eigenvalue weighted by Gasteiger charge is 2.16. The zero-order chi connectivity index (χ0) is 14.0. The molecule has 0 spiro atoms. The van der Waals surface area contributed by atoms with Crippen molar-refractivity contribution in [2.45, 2.75) is 30.9 Å². The topological polar surface area (TPSA) is 66.0 Å². The van der Waals surface area contributed by atoms with E-state index >= 15 is 0 Å². The first-order valence-electron chi connectivity index (χ1n) is 6.04. The van der Waals surface area contributed by atoms with Crippen LogP contribution in [0.2, 0.25) is 0 Å². The average Bonchev–Trinajstić information content (AvgIpc) is 2.72. The van der Waals surface area contributed by atoms with E-state index in [0.717, 1.165) is 5.56 Å². The predicted octanol–water partition coefficient (Wildman–Crippen LogP) is 3.58. The van der Waals surface area contributed by atoms with Gasteiger partial charge in [0.05, 0.1) is 0 Å². The minimum atomic E-state index is -0.990. The van der Waals surface area contributed by atoms with E-state index in [1.807, 2.05) is 24.3 Å². The van der Waals surface area contributed by atoms with E-state index < -0.39 is 5.97 Å². The average molecular weight is 276 g/mol. The molecular formula is C14H16N2O2S. The van der Waals surface area contributed by atoms with Crippen LogP contribution >= 0.6 is 11.8 Å². The number of nitrogens with one attached hydrogen (secondary N) is 1. The van der Waals surface area contributed by atoms with E-state index in [2.05, 4.69) is 23.8 Å². The molecular weight excluding hydrogens is 260 g/mol. The van der Waals surface area contributed by atoms with Crippen LogP contribution < -0.4 is 0 Å². The molecule has 19 heavy (non-hydrogen) atoms. The molecule has 0 unspecified atom stereocenters. The highest BCUT2D eigenvalue weighted by Crippen LogP contribution is 2.27. The number of H-pyrrole nitrogens is 1. The molecule has 2 rings (SSSR count). The number of rotatable bonds is 4. The first-order chi connectivity index (χ1) is 8.97. The van der Waals surface area contributed by atoms with Crippen LogP contribution in [0.15, 0.2) is 29.2 Å². The number of imidazole rings is 1. The number of aromatic carboxylic acids is 1. The molecule has 0 saturated heterocycles. The van der Waals surface area contributed by atoms with E-state index in [4.69, 9.17) is 5.11 Å². The molecule has 0 bridgehead atoms. The van der Waals surface area contributed by atoms with Gasteiger partial charge in [-0.25, -0.2) is 9.78 Å². The van der Waals surface area contributed by atoms with Gasteiger partial charge in [-0.1, -0.05) is 26.0 Å². The Morgan fingerprint density at radius 2 is 1.95 bits per heavy atom. The van der Waals surface area contributed by atoms with Gasteiger partial charge in [0.1, 0.15) is 11.5 Å². The number of carbonyl (C=O) groups is 1. The first kappa shape index (κ1) is 13.7. The molecule has 0 aliphatic rings. The van der Waals surface area contributed by atoms with Crippen molar-refractivity contribution in [3.05, 3.63) is 35.8 Å². The Balaban J connectivity index is 2.34. The molecule has 4 nitrogen and oxygen atoms in total. The van der Waals surface area contributed by atoms with Gasteiger partial charge in [0.15, 0.2) is 5.69 Å². The number of benzene rings is 1. The van der Waals surface area contributed by atoms with Crippen molar-refractivity contribution in [3.63, 3.8) is 0 Å². The normalized spacial score (nSPS) is 10.9. The summed E-state index contributed by atoms with van der Waals surface area (Å²) < 4.78 is 0. The summed E-state index contributed by atoms with van der Waals surface area (Å²) in [4.78, 5) is 19.3. The maximum atomic E-state index is 11.1. The molecule has 2 N–H and O–H groups in total. The Morgan fingerprint density at radius 1 is 1.32 bits per heavy atom. The lowest BCUT2D eigenvalue weighted by atomic mass is 10.1. The largest absolute Gasteiger partial charge is 0.477 e. The van der Waals surface area contributed by atoms with Crippen LogP contribution in [0.4, 0.5) is 0 Å². The van der Waals surface area contributed by atoms with Crippen molar-refractivity contribution in [2.24, 2.45) is 0 Å². The first-order valence-corrected chi connectivity index (χ1v) is 6.92. The number of aromatic nitrogens is 2. The quantitative estimate of drug-likeness (QED) is 0.838. The minimum absolute atomic E-state index is 0.141. The smallest absolute Gasteiger partial charge is 0.354 e. The highest BCUT2D eigenvalue weighted by atomic mass is 32.2. The monoisotopic (exact) mass is 276 g/mol. The fourth-order valence-corrected chi connectivity index (χ4v) is 2.66. The van der Waals surface area contributed by atoms with Crippen molar-refractivity contribution >= 4 is 17.7 Å². The summed E-state index contributed by atoms with van der Waals surface area (Å²) in [6, 6.07) is 7.81. The van der Waals surface area contributed by atoms with E-state index in [-0.39, 0.29) is 5.69 Å². The summed E-state index contributed by atoms with van der Waals surface area (Å²) in [5.41, 5.74) is 1.45. The molecule has 2 aromatic rings. The molecule has 0 fully saturated rings. The number of carboxylic acids is 1. The summed E-state index contributed by atoms with van der Waals surface area (Å²) in [5, 5.41) is 9.66. The van der Waals surface area contributed by atoms with Crippen LogP contribution in [0.25, 0.3) is 11.3 Å². The van der Waals surface area contributed by atoms with Crippen LogP contribution in [-0.2, 0) is 0 Å². The summed E-state index contributed by atoms with van der Waals surface area (Å²) in [6.07, 6.45) is 0. The van der Waals surface area contributed by atoms with Gasteiger partial charge < -0.3 is 10.1 Å². The summed E-state index contributed by atoms with van der Waals surface area (Å²) in [5.74, 6) is -0.385. The van der Waals surface area contributed by atoms with Crippen molar-refractivity contribution in [1.29, 1.82) is 0 Å². The Morgan fingerprint density at radius 3 is 2.47 bits per heavy atom. The molecule has 0 radical (unpaired) electrons. The van der Waals surface area contributed by atoms with Crippen molar-refractivity contribution in [1.82, 2.24) is 9.97 Å². The number of aryl methyl sites for hydroxylation is 1. The summed E-state index contributed by atoms with van der Waals surface area (Å²) in [6.45, 7) is 6.02. The SMILES string of the molecule is Cc1nc(-c2ccc(SC(C)C)cc2)c(C(=O)O)[nH]1. The molecule has 0 atom stereocenters. The Hall–Kier alpha value is -1.75. The van der Waals surface area contributed by atoms with Crippen LogP contribution in [0.1, 0.15) is 30.2 Å². The summed E-state index contributed by atoms with van der Waals surface area (Å²) >= 11 is 1.77. The molecule has 1 heterocycles. The van der Waals surface area contributed by atoms with Gasteiger partial charge in [-0.15, -0.1) is 11.8 Å². The Labute approximate surface area is 116 Å². The number of carboxylic acid groups (broad SMARTS) is 1. The van der Waals surface area contributed by atoms with E-state index in [0.29, 0.717) is 16.8 Å². The molecule has 0 aliphatic carbocycles. The minimum Gasteiger partial charge on any atom is -0.477 e. The van der Waals surface area contributed by atoms with Gasteiger partial charge in [-0.2, -0.15) is 0 Å². The molecule has 100 valence electrons. The lowest BCUT2D eigenvalue weighted by Gasteiger charge is -2.05. The predicted molar refractivity (Wildman–Crippen MR) is 76.7 cm³/mol. The van der Waals surface area contributed by atoms with Gasteiger partial charge in [0.2, 0.25) is 0 Å². The second-order valence-electron chi connectivity index (χ2n) is 4.54. The molecule has 0 saturated carbocycles. The van der Waals surface area contributed by atoms with Crippen molar-refractivity contribution < 1.29 is 9.90 Å². The zero-order valence-corrected chi connectivity index (χ0v) is 11.9. The van der Waals surface area contributed by atoms with Gasteiger partial charge in [-0.05, 0) is 19.1 Å². The third kappa shape index (κ3) is 3.17. The van der Waals surface area contributed by atoms with Crippen molar-refractivity contribution in [2.75, 3.05) is 0 Å². The molecule has 5 heteroatoms. The lowest BCUT2D eigenvalue weighted by Crippen LogP contribution is -1.99. The fraction of sp³-hybridized carbons (Fsp3) is 0.286. The van der Waals surface area contributed by atoms with Crippen LogP contribution in [0.3, 0.4) is 0 Å². The van der Waals surface area contributed by atoms with Gasteiger partial charge in [-0.3, -0.25) is 0 Å². The maximum absolute atomic E-state index is 11.1. The van der Waals surface area contributed by atoms with E-state index in [1.165, 1.54) is 4.90 Å². The van der Waals surface area contributed by atoms with E-state index in [1.54, 1.807) is 18.7 Å². The van der Waals surface area contributed by atoms with Crippen LogP contribution in [0.5, 0.6) is 0 Å². The van der Waals surface area contributed by atoms with Gasteiger partial charge >= 0.3 is 5.97 Å². The fourth-order valence-electron chi connectivity index (χ4n) is 1.82. The standard InChI is InChI=1S/C14H16N2O2S/c1-8(2)19-11-6-4-10(5-7-11)12-13(14(17)18)16-9(3)15-12/h4-8H,1-3H3,(H,15,16)(H,17,18). The number of nitrogens with zero attached hydrogens (tertiary/aromatic N) is 1. The Kier molecular flexibility index (Phi) is 3.95. The second-order valence-corrected chi connectivity index (χ2v) is 6.19. The molecule has 0 aliphatic heterocycles. The second kappa shape index (κ2) is 5.48. The third-order valence-electron chi connectivity index (χ3n) is 2.54. The zero-order valence-electron chi connectivity index (χ0n) is 11.1. The molecule has 1 aromatic heterocycles. The van der Waals surface area contributed by atoms with Crippen molar-refractivity contribution in [3.8, 4) is 11.3 Å². The van der Waals surface area contributed by atoms with E-state index in [9.17, 15) is 4.79 Å². The van der Waals surface area contributed by atoms with Gasteiger partial charge in [0.25, 0.3) is 0 Å². The number of hydrogen-bond donors (Lipinski definition) is 2. The number of thioether (sulfide) groups is 1.